The number of carbonyl (C=O) groups excluding carboxylic acids is 1. The number of aromatic nitrogens is 4. The second-order valence-electron chi connectivity index (χ2n) is 5.26. The average Bonchev–Trinajstić information content (AvgIpc) is 2.67. The van der Waals surface area contributed by atoms with E-state index in [4.69, 9.17) is 4.74 Å². The summed E-state index contributed by atoms with van der Waals surface area (Å²) in [6.45, 7) is 2.72. The topological polar surface area (TPSA) is 89.9 Å². The van der Waals surface area contributed by atoms with Gasteiger partial charge in [-0.15, -0.1) is 0 Å². The molecule has 3 aromatic rings. The van der Waals surface area contributed by atoms with Crippen LogP contribution in [0.25, 0.3) is 11.3 Å². The van der Waals surface area contributed by atoms with Gasteiger partial charge in [-0.25, -0.2) is 4.98 Å². The van der Waals surface area contributed by atoms with Crippen LogP contribution in [0.15, 0.2) is 53.5 Å². The highest BCUT2D eigenvalue weighted by Gasteiger charge is 2.09. The summed E-state index contributed by atoms with van der Waals surface area (Å²) in [4.78, 5) is 29.1. The molecule has 7 nitrogen and oxygen atoms in total. The summed E-state index contributed by atoms with van der Waals surface area (Å²) in [5.74, 6) is 0.181. The van der Waals surface area contributed by atoms with Gasteiger partial charge >= 0.3 is 0 Å². The first kappa shape index (κ1) is 17.9. The van der Waals surface area contributed by atoms with Gasteiger partial charge in [-0.1, -0.05) is 15.9 Å². The maximum Gasteiger partial charge on any atom is 0.270 e. The van der Waals surface area contributed by atoms with E-state index in [1.807, 2.05) is 19.1 Å². The van der Waals surface area contributed by atoms with Crippen LogP contribution in [-0.4, -0.2) is 32.4 Å². The highest BCUT2D eigenvalue weighted by atomic mass is 79.9. The number of halogens is 1. The zero-order valence-electron chi connectivity index (χ0n) is 14.0. The van der Waals surface area contributed by atoms with E-state index in [2.05, 4.69) is 41.2 Å². The van der Waals surface area contributed by atoms with E-state index < -0.39 is 0 Å². The second kappa shape index (κ2) is 8.48. The Hall–Kier alpha value is -2.87. The molecule has 132 valence electrons. The molecule has 0 aliphatic carbocycles. The van der Waals surface area contributed by atoms with Crippen molar-refractivity contribution >= 4 is 21.8 Å². The van der Waals surface area contributed by atoms with Crippen LogP contribution < -0.4 is 10.1 Å². The smallest absolute Gasteiger partial charge is 0.270 e. The van der Waals surface area contributed by atoms with Crippen LogP contribution in [0.2, 0.25) is 0 Å². The van der Waals surface area contributed by atoms with Gasteiger partial charge in [-0.3, -0.25) is 19.7 Å². The van der Waals surface area contributed by atoms with E-state index in [1.165, 1.54) is 0 Å². The molecule has 0 bridgehead atoms. The predicted molar refractivity (Wildman–Crippen MR) is 99.5 cm³/mol. The molecule has 0 unspecified atom stereocenters. The number of nitrogens with zero attached hydrogens (tertiary/aromatic N) is 4. The van der Waals surface area contributed by atoms with Crippen LogP contribution in [0.5, 0.6) is 5.88 Å². The number of hydrogen-bond acceptors (Lipinski definition) is 6. The average molecular weight is 414 g/mol. The lowest BCUT2D eigenvalue weighted by Gasteiger charge is -2.06. The SMILES string of the molecule is CCOc1cncc(-c2ccc(C(=O)NCc3cc(Br)ccn3)nc2)n1. The first-order valence-corrected chi connectivity index (χ1v) is 8.75. The number of hydrogen-bond donors (Lipinski definition) is 1. The molecule has 0 saturated carbocycles. The fraction of sp³-hybridized carbons (Fsp3) is 0.167. The Morgan fingerprint density at radius 1 is 1.19 bits per heavy atom. The summed E-state index contributed by atoms with van der Waals surface area (Å²) < 4.78 is 6.26. The molecule has 0 aromatic carbocycles. The highest BCUT2D eigenvalue weighted by molar-refractivity contribution is 9.10. The van der Waals surface area contributed by atoms with Crippen molar-refractivity contribution in [2.75, 3.05) is 6.61 Å². The van der Waals surface area contributed by atoms with Crippen molar-refractivity contribution in [1.29, 1.82) is 0 Å². The molecular weight excluding hydrogens is 398 g/mol. The molecule has 3 rings (SSSR count). The van der Waals surface area contributed by atoms with Crippen LogP contribution in [0.4, 0.5) is 0 Å². The summed E-state index contributed by atoms with van der Waals surface area (Å²) in [7, 11) is 0. The Morgan fingerprint density at radius 2 is 2.08 bits per heavy atom. The van der Waals surface area contributed by atoms with E-state index in [-0.39, 0.29) is 5.91 Å². The van der Waals surface area contributed by atoms with Gasteiger partial charge in [-0.2, -0.15) is 0 Å². The summed E-state index contributed by atoms with van der Waals surface area (Å²) in [6.07, 6.45) is 6.44. The van der Waals surface area contributed by atoms with Gasteiger partial charge in [0.05, 0.1) is 36.9 Å². The molecule has 3 heterocycles. The lowest BCUT2D eigenvalue weighted by atomic mass is 10.2. The summed E-state index contributed by atoms with van der Waals surface area (Å²) in [5, 5.41) is 2.79. The standard InChI is InChI=1S/C18H16BrN5O2/c1-2-26-17-11-20-10-16(24-17)12-3-4-15(22-8-12)18(25)23-9-14-7-13(19)5-6-21-14/h3-8,10-11H,2,9H2,1H3,(H,23,25). The Balaban J connectivity index is 1.67. The lowest BCUT2D eigenvalue weighted by Crippen LogP contribution is -2.24. The number of pyridine rings is 2. The Labute approximate surface area is 159 Å². The predicted octanol–water partition coefficient (Wildman–Crippen LogP) is 3.02. The molecule has 8 heteroatoms. The van der Waals surface area contributed by atoms with Gasteiger partial charge in [0.2, 0.25) is 5.88 Å². The molecule has 1 amide bonds. The van der Waals surface area contributed by atoms with Gasteiger partial charge < -0.3 is 10.1 Å². The van der Waals surface area contributed by atoms with Crippen molar-refractivity contribution in [2.24, 2.45) is 0 Å². The zero-order chi connectivity index (χ0) is 18.4. The first-order valence-electron chi connectivity index (χ1n) is 7.95. The molecule has 0 atom stereocenters. The molecule has 0 aliphatic heterocycles. The third-order valence-electron chi connectivity index (χ3n) is 3.41. The Morgan fingerprint density at radius 3 is 2.81 bits per heavy atom. The van der Waals surface area contributed by atoms with Crippen LogP contribution in [0.3, 0.4) is 0 Å². The van der Waals surface area contributed by atoms with E-state index in [9.17, 15) is 4.79 Å². The molecule has 0 spiro atoms. The van der Waals surface area contributed by atoms with Crippen LogP contribution >= 0.6 is 15.9 Å². The molecule has 0 saturated heterocycles. The molecule has 0 aliphatic rings. The molecule has 3 aromatic heterocycles. The summed E-state index contributed by atoms with van der Waals surface area (Å²) in [5.41, 5.74) is 2.46. The van der Waals surface area contributed by atoms with E-state index >= 15 is 0 Å². The number of amides is 1. The highest BCUT2D eigenvalue weighted by Crippen LogP contribution is 2.18. The summed E-state index contributed by atoms with van der Waals surface area (Å²) >= 11 is 3.37. The minimum atomic E-state index is -0.271. The molecule has 1 N–H and O–H groups in total. The second-order valence-corrected chi connectivity index (χ2v) is 6.17. The lowest BCUT2D eigenvalue weighted by molar-refractivity contribution is 0.0945. The Kier molecular flexibility index (Phi) is 5.85. The quantitative estimate of drug-likeness (QED) is 0.667. The molecule has 26 heavy (non-hydrogen) atoms. The monoisotopic (exact) mass is 413 g/mol. The van der Waals surface area contributed by atoms with E-state index in [1.54, 1.807) is 36.9 Å². The number of rotatable bonds is 6. The van der Waals surface area contributed by atoms with Crippen LogP contribution in [0.1, 0.15) is 23.1 Å². The third-order valence-corrected chi connectivity index (χ3v) is 3.90. The number of ether oxygens (including phenoxy) is 1. The van der Waals surface area contributed by atoms with Crippen LogP contribution in [-0.2, 0) is 6.54 Å². The van der Waals surface area contributed by atoms with Crippen molar-refractivity contribution in [3.05, 3.63) is 64.9 Å². The van der Waals surface area contributed by atoms with Crippen molar-refractivity contribution in [3.63, 3.8) is 0 Å². The van der Waals surface area contributed by atoms with Crippen molar-refractivity contribution < 1.29 is 9.53 Å². The molecular formula is C18H16BrN5O2. The van der Waals surface area contributed by atoms with Crippen molar-refractivity contribution in [1.82, 2.24) is 25.3 Å². The molecule has 0 fully saturated rings. The van der Waals surface area contributed by atoms with E-state index in [0.29, 0.717) is 30.4 Å². The minimum absolute atomic E-state index is 0.271. The van der Waals surface area contributed by atoms with Gasteiger partial charge in [0.15, 0.2) is 0 Å². The fourth-order valence-electron chi connectivity index (χ4n) is 2.19. The van der Waals surface area contributed by atoms with Crippen molar-refractivity contribution in [3.8, 4) is 17.1 Å². The summed E-state index contributed by atoms with van der Waals surface area (Å²) in [6, 6.07) is 7.10. The van der Waals surface area contributed by atoms with E-state index in [0.717, 1.165) is 15.7 Å². The van der Waals surface area contributed by atoms with Gasteiger partial charge in [0.25, 0.3) is 5.91 Å². The van der Waals surface area contributed by atoms with Crippen molar-refractivity contribution in [2.45, 2.75) is 13.5 Å². The number of nitrogens with one attached hydrogen (secondary N) is 1. The third kappa shape index (κ3) is 4.60. The zero-order valence-corrected chi connectivity index (χ0v) is 15.6. The normalized spacial score (nSPS) is 10.4. The largest absolute Gasteiger partial charge is 0.477 e. The maximum atomic E-state index is 12.2. The minimum Gasteiger partial charge on any atom is -0.477 e. The fourth-order valence-corrected chi connectivity index (χ4v) is 2.57. The molecule has 0 radical (unpaired) electrons. The van der Waals surface area contributed by atoms with Gasteiger partial charge in [-0.05, 0) is 31.2 Å². The first-order chi connectivity index (χ1) is 12.7. The van der Waals surface area contributed by atoms with Crippen LogP contribution in [0, 0.1) is 0 Å². The number of carbonyl (C=O) groups is 1. The van der Waals surface area contributed by atoms with Gasteiger partial charge in [0.1, 0.15) is 5.69 Å². The van der Waals surface area contributed by atoms with Gasteiger partial charge in [0, 0.05) is 22.4 Å². The Bertz CT molecular complexity index is 902. The maximum absolute atomic E-state index is 12.2.